The van der Waals surface area contributed by atoms with Crippen LogP contribution in [0.1, 0.15) is 38.2 Å². The molecule has 2 N–H and O–H groups in total. The van der Waals surface area contributed by atoms with Crippen LogP contribution in [0.2, 0.25) is 5.02 Å². The molecule has 5 heterocycles. The van der Waals surface area contributed by atoms with Crippen molar-refractivity contribution in [3.63, 3.8) is 0 Å². The summed E-state index contributed by atoms with van der Waals surface area (Å²) in [5, 5.41) is 1.30. The number of rotatable bonds is 5. The maximum atomic E-state index is 14.0. The van der Waals surface area contributed by atoms with E-state index in [-0.39, 0.29) is 12.6 Å². The van der Waals surface area contributed by atoms with Crippen LogP contribution in [0.3, 0.4) is 0 Å². The summed E-state index contributed by atoms with van der Waals surface area (Å²) >= 11 is 6.23. The summed E-state index contributed by atoms with van der Waals surface area (Å²) in [5.74, 6) is 0.964. The molecule has 0 aliphatic carbocycles. The highest BCUT2D eigenvalue weighted by Gasteiger charge is 2.26. The maximum Gasteiger partial charge on any atom is 0.332 e. The Bertz CT molecular complexity index is 1940. The molecule has 1 aromatic carbocycles. The minimum absolute atomic E-state index is 0.0233. The molecule has 0 saturated carbocycles. The van der Waals surface area contributed by atoms with E-state index in [2.05, 4.69) is 9.88 Å². The second-order valence-electron chi connectivity index (χ2n) is 10.7. The lowest BCUT2D eigenvalue weighted by atomic mass is 10.1. The third-order valence-electron chi connectivity index (χ3n) is 7.42. The number of allylic oxidation sites excluding steroid dienone is 2. The molecule has 1 aliphatic rings. The third-order valence-corrected chi connectivity index (χ3v) is 7.66. The zero-order valence-corrected chi connectivity index (χ0v) is 23.7. The number of imidazole rings is 1. The third kappa shape index (κ3) is 4.39. The van der Waals surface area contributed by atoms with E-state index in [9.17, 15) is 9.59 Å². The highest BCUT2D eigenvalue weighted by atomic mass is 35.5. The first-order valence-electron chi connectivity index (χ1n) is 13.3. The fraction of sp³-hybridized carbons (Fsp3) is 0.393. The molecule has 12 heteroatoms. The number of furan rings is 1. The van der Waals surface area contributed by atoms with Crippen molar-refractivity contribution in [3.8, 4) is 0 Å². The van der Waals surface area contributed by atoms with Crippen LogP contribution < -0.4 is 21.9 Å². The number of hydrogen-bond donors (Lipinski definition) is 1. The maximum absolute atomic E-state index is 14.0. The molecule has 0 spiro atoms. The number of benzene rings is 1. The molecule has 208 valence electrons. The quantitative estimate of drug-likeness (QED) is 0.322. The number of anilines is 1. The van der Waals surface area contributed by atoms with Gasteiger partial charge in [0.25, 0.3) is 5.56 Å². The summed E-state index contributed by atoms with van der Waals surface area (Å²) in [5.41, 5.74) is 9.51. The first-order valence-corrected chi connectivity index (χ1v) is 13.7. The predicted molar refractivity (Wildman–Crippen MR) is 156 cm³/mol. The molecular weight excluding hydrogens is 532 g/mol. The molecule has 0 unspecified atom stereocenters. The molecule has 40 heavy (non-hydrogen) atoms. The zero-order chi connectivity index (χ0) is 28.3. The Labute approximate surface area is 234 Å². The zero-order valence-electron chi connectivity index (χ0n) is 22.9. The van der Waals surface area contributed by atoms with E-state index < -0.39 is 11.2 Å². The lowest BCUT2D eigenvalue weighted by Gasteiger charge is -2.31. The van der Waals surface area contributed by atoms with Gasteiger partial charge >= 0.3 is 5.69 Å². The molecule has 4 aromatic heterocycles. The van der Waals surface area contributed by atoms with E-state index in [1.165, 1.54) is 9.13 Å². The smallest absolute Gasteiger partial charge is 0.332 e. The van der Waals surface area contributed by atoms with Gasteiger partial charge in [0.1, 0.15) is 16.9 Å². The summed E-state index contributed by atoms with van der Waals surface area (Å²) < 4.78 is 10.4. The Balaban J connectivity index is 1.53. The van der Waals surface area contributed by atoms with Gasteiger partial charge in [0.2, 0.25) is 5.95 Å². The number of nitrogens with two attached hydrogens (primary N) is 1. The van der Waals surface area contributed by atoms with Gasteiger partial charge in [-0.3, -0.25) is 13.9 Å². The lowest BCUT2D eigenvalue weighted by molar-refractivity contribution is 0.495. The van der Waals surface area contributed by atoms with Gasteiger partial charge in [-0.2, -0.15) is 4.98 Å². The van der Waals surface area contributed by atoms with Gasteiger partial charge in [-0.25, -0.2) is 14.8 Å². The summed E-state index contributed by atoms with van der Waals surface area (Å²) in [6.07, 6.45) is 3.92. The number of aromatic nitrogens is 6. The Morgan fingerprint density at radius 2 is 2.00 bits per heavy atom. The van der Waals surface area contributed by atoms with Crippen LogP contribution in [0.5, 0.6) is 0 Å². The topological polar surface area (TPSA) is 130 Å². The minimum Gasteiger partial charge on any atom is -0.452 e. The Hall–Kier alpha value is -3.96. The van der Waals surface area contributed by atoms with E-state index in [1.807, 2.05) is 31.4 Å². The van der Waals surface area contributed by atoms with Crippen molar-refractivity contribution in [3.05, 3.63) is 67.2 Å². The van der Waals surface area contributed by atoms with Gasteiger partial charge in [0.15, 0.2) is 16.7 Å². The highest BCUT2D eigenvalue weighted by Crippen LogP contribution is 2.31. The number of aryl methyl sites for hydroxylation is 2. The molecule has 11 nitrogen and oxygen atoms in total. The standard InChI is InChI=1S/C28H31ClN8O3/c1-15(2)9-11-36-23-25(33-27(36)35-10-5-6-18(30)13-35)34(4)28(39)37(26(23)38)14-21-31-16(3)24-22(32-21)19-12-17(29)7-8-20(19)40-24/h7-9,12,18H,5-6,10-11,13-14,30H2,1-4H3/t18-/m1/s1. The van der Waals surface area contributed by atoms with Crippen LogP contribution in [0.4, 0.5) is 5.95 Å². The van der Waals surface area contributed by atoms with Crippen molar-refractivity contribution in [1.82, 2.24) is 28.7 Å². The first kappa shape index (κ1) is 26.3. The summed E-state index contributed by atoms with van der Waals surface area (Å²) in [6.45, 7) is 7.57. The molecule has 1 atom stereocenters. The first-order chi connectivity index (χ1) is 19.1. The fourth-order valence-electron chi connectivity index (χ4n) is 5.40. The Morgan fingerprint density at radius 1 is 1.20 bits per heavy atom. The van der Waals surface area contributed by atoms with Crippen molar-refractivity contribution in [2.45, 2.75) is 52.7 Å². The van der Waals surface area contributed by atoms with Crippen molar-refractivity contribution in [2.24, 2.45) is 12.8 Å². The molecule has 6 rings (SSSR count). The van der Waals surface area contributed by atoms with Gasteiger partial charge in [-0.15, -0.1) is 0 Å². The molecule has 0 bridgehead atoms. The lowest BCUT2D eigenvalue weighted by Crippen LogP contribution is -2.44. The molecule has 1 fully saturated rings. The van der Waals surface area contributed by atoms with Crippen LogP contribution in [-0.2, 0) is 20.1 Å². The Morgan fingerprint density at radius 3 is 2.75 bits per heavy atom. The molecule has 0 amide bonds. The van der Waals surface area contributed by atoms with Crippen LogP contribution in [0.15, 0.2) is 43.9 Å². The second kappa shape index (κ2) is 9.90. The van der Waals surface area contributed by atoms with Gasteiger partial charge in [0, 0.05) is 43.1 Å². The summed E-state index contributed by atoms with van der Waals surface area (Å²) in [4.78, 5) is 43.7. The Kier molecular flexibility index (Phi) is 6.50. The van der Waals surface area contributed by atoms with E-state index in [0.29, 0.717) is 63.4 Å². The molecule has 5 aromatic rings. The number of fused-ring (bicyclic) bond motifs is 4. The number of hydrogen-bond acceptors (Lipinski definition) is 8. The van der Waals surface area contributed by atoms with E-state index in [1.54, 1.807) is 25.2 Å². The van der Waals surface area contributed by atoms with E-state index >= 15 is 0 Å². The van der Waals surface area contributed by atoms with Gasteiger partial charge in [-0.1, -0.05) is 23.3 Å². The summed E-state index contributed by atoms with van der Waals surface area (Å²) in [6, 6.07) is 5.34. The van der Waals surface area contributed by atoms with Crippen molar-refractivity contribution in [1.29, 1.82) is 0 Å². The molecule has 1 saturated heterocycles. The monoisotopic (exact) mass is 562 g/mol. The second-order valence-corrected chi connectivity index (χ2v) is 11.1. The van der Waals surface area contributed by atoms with Crippen LogP contribution >= 0.6 is 11.6 Å². The van der Waals surface area contributed by atoms with Crippen molar-refractivity contribution < 1.29 is 4.42 Å². The largest absolute Gasteiger partial charge is 0.452 e. The average molecular weight is 563 g/mol. The van der Waals surface area contributed by atoms with Crippen LogP contribution in [0, 0.1) is 6.92 Å². The van der Waals surface area contributed by atoms with Crippen LogP contribution in [0.25, 0.3) is 33.2 Å². The number of piperidine rings is 1. The molecule has 0 radical (unpaired) electrons. The van der Waals surface area contributed by atoms with Crippen molar-refractivity contribution in [2.75, 3.05) is 18.0 Å². The number of halogens is 1. The van der Waals surface area contributed by atoms with E-state index in [0.717, 1.165) is 30.3 Å². The normalized spacial score (nSPS) is 15.9. The van der Waals surface area contributed by atoms with Gasteiger partial charge < -0.3 is 19.6 Å². The highest BCUT2D eigenvalue weighted by molar-refractivity contribution is 6.31. The average Bonchev–Trinajstić information content (AvgIpc) is 3.48. The molecule has 1 aliphatic heterocycles. The predicted octanol–water partition coefficient (Wildman–Crippen LogP) is 3.49. The van der Waals surface area contributed by atoms with Crippen LogP contribution in [-0.4, -0.2) is 47.8 Å². The van der Waals surface area contributed by atoms with Gasteiger partial charge in [-0.05, 0) is 51.8 Å². The SMILES string of the molecule is CC(C)=CCn1c(N2CCC[C@@H](N)C2)nc2c1c(=O)n(Cc1nc(C)c3oc4ccc(Cl)cc4c3n1)c(=O)n2C. The molecular formula is C28H31ClN8O3. The van der Waals surface area contributed by atoms with Gasteiger partial charge in [0.05, 0.1) is 12.2 Å². The van der Waals surface area contributed by atoms with E-state index in [4.69, 9.17) is 31.7 Å². The summed E-state index contributed by atoms with van der Waals surface area (Å²) in [7, 11) is 1.63. The van der Waals surface area contributed by atoms with Crippen molar-refractivity contribution >= 4 is 50.8 Å². The number of nitrogens with zero attached hydrogens (tertiary/aromatic N) is 7. The fourth-order valence-corrected chi connectivity index (χ4v) is 5.58. The minimum atomic E-state index is -0.493.